The minimum Gasteiger partial charge on any atom is -0.324 e. The number of rotatable bonds is 2. The molecular weight excluding hydrogens is 374 g/mol. The molecule has 4 aromatic rings. The third-order valence-electron chi connectivity index (χ3n) is 5.24. The van der Waals surface area contributed by atoms with Gasteiger partial charge in [-0.05, 0) is 37.5 Å². The summed E-state index contributed by atoms with van der Waals surface area (Å²) in [5.74, 6) is 0.947. The topological polar surface area (TPSA) is 92.7 Å². The number of thiophene rings is 1. The number of carbonyl (C=O) groups is 1. The predicted molar refractivity (Wildman–Crippen MR) is 110 cm³/mol. The summed E-state index contributed by atoms with van der Waals surface area (Å²) < 4.78 is 1.79. The molecule has 28 heavy (non-hydrogen) atoms. The van der Waals surface area contributed by atoms with Gasteiger partial charge in [0, 0.05) is 13.0 Å². The molecule has 4 heterocycles. The zero-order valence-electron chi connectivity index (χ0n) is 15.4. The first-order chi connectivity index (χ1) is 13.6. The van der Waals surface area contributed by atoms with Crippen LogP contribution in [0, 0.1) is 6.92 Å². The van der Waals surface area contributed by atoms with Crippen LogP contribution in [0.2, 0.25) is 0 Å². The number of imidazole rings is 1. The summed E-state index contributed by atoms with van der Waals surface area (Å²) in [4.78, 5) is 39.3. The Balaban J connectivity index is 1.55. The van der Waals surface area contributed by atoms with Gasteiger partial charge in [-0.25, -0.2) is 9.97 Å². The Morgan fingerprint density at radius 1 is 1.21 bits per heavy atom. The Morgan fingerprint density at radius 3 is 2.93 bits per heavy atom. The molecule has 0 fully saturated rings. The van der Waals surface area contributed by atoms with E-state index in [2.05, 4.69) is 15.3 Å². The van der Waals surface area contributed by atoms with Crippen molar-refractivity contribution in [2.45, 2.75) is 39.2 Å². The lowest BCUT2D eigenvalue weighted by atomic mass is 10.2. The van der Waals surface area contributed by atoms with Crippen LogP contribution in [0.1, 0.15) is 40.3 Å². The number of amides is 1. The van der Waals surface area contributed by atoms with Crippen LogP contribution < -0.4 is 10.9 Å². The SMILES string of the molecule is Cc1c(C(=O)Nc2nc3ccccc3[nH]2)sc2nc3n(c(=O)c12)CCCCC3. The molecule has 1 aliphatic heterocycles. The van der Waals surface area contributed by atoms with Crippen LogP contribution in [0.25, 0.3) is 21.3 Å². The van der Waals surface area contributed by atoms with Gasteiger partial charge < -0.3 is 4.98 Å². The minimum absolute atomic E-state index is 0.0292. The zero-order chi connectivity index (χ0) is 19.3. The number of aromatic amines is 1. The number of aryl methyl sites for hydroxylation is 2. The molecule has 0 saturated heterocycles. The normalized spacial score (nSPS) is 14.2. The van der Waals surface area contributed by atoms with Crippen molar-refractivity contribution in [1.82, 2.24) is 19.5 Å². The molecule has 0 bridgehead atoms. The standard InChI is InChI=1S/C20H19N5O2S/c1-11-15-18(23-14-9-3-2-6-10-25(14)19(15)27)28-16(11)17(26)24-20-21-12-7-4-5-8-13(12)22-20/h4-5,7-8H,2-3,6,9-10H2,1H3,(H2,21,22,24,26). The summed E-state index contributed by atoms with van der Waals surface area (Å²) in [5, 5.41) is 3.38. The summed E-state index contributed by atoms with van der Waals surface area (Å²) >= 11 is 1.27. The number of benzene rings is 1. The van der Waals surface area contributed by atoms with Crippen LogP contribution in [0.4, 0.5) is 5.95 Å². The highest BCUT2D eigenvalue weighted by Gasteiger charge is 2.22. The second kappa shape index (κ2) is 6.56. The number of hydrogen-bond donors (Lipinski definition) is 2. The van der Waals surface area contributed by atoms with Gasteiger partial charge in [-0.1, -0.05) is 18.6 Å². The molecule has 0 saturated carbocycles. The maximum absolute atomic E-state index is 13.0. The Bertz CT molecular complexity index is 1250. The van der Waals surface area contributed by atoms with Crippen molar-refractivity contribution in [1.29, 1.82) is 0 Å². The number of aromatic nitrogens is 4. The average molecular weight is 393 g/mol. The van der Waals surface area contributed by atoms with E-state index in [1.165, 1.54) is 11.3 Å². The smallest absolute Gasteiger partial charge is 0.268 e. The van der Waals surface area contributed by atoms with Gasteiger partial charge in [-0.3, -0.25) is 19.5 Å². The lowest BCUT2D eigenvalue weighted by Crippen LogP contribution is -2.24. The van der Waals surface area contributed by atoms with E-state index in [4.69, 9.17) is 4.98 Å². The van der Waals surface area contributed by atoms with Crippen LogP contribution in [-0.2, 0) is 13.0 Å². The maximum atomic E-state index is 13.0. The first kappa shape index (κ1) is 17.1. The van der Waals surface area contributed by atoms with Gasteiger partial charge in [0.2, 0.25) is 5.95 Å². The van der Waals surface area contributed by atoms with E-state index in [0.717, 1.165) is 42.5 Å². The molecule has 8 heteroatoms. The Labute approximate surface area is 164 Å². The molecular formula is C20H19N5O2S. The number of carbonyl (C=O) groups excluding carboxylic acids is 1. The summed E-state index contributed by atoms with van der Waals surface area (Å²) in [5.41, 5.74) is 2.30. The molecule has 0 spiro atoms. The summed E-state index contributed by atoms with van der Waals surface area (Å²) in [7, 11) is 0. The van der Waals surface area contributed by atoms with Crippen LogP contribution in [0.5, 0.6) is 0 Å². The Hall–Kier alpha value is -3.00. The van der Waals surface area contributed by atoms with Gasteiger partial charge in [0.25, 0.3) is 11.5 Å². The van der Waals surface area contributed by atoms with Gasteiger partial charge in [0.05, 0.1) is 21.3 Å². The van der Waals surface area contributed by atoms with Crippen molar-refractivity contribution in [3.63, 3.8) is 0 Å². The Kier molecular flexibility index (Phi) is 4.01. The molecule has 7 nitrogen and oxygen atoms in total. The van der Waals surface area contributed by atoms with E-state index in [1.807, 2.05) is 31.2 Å². The highest BCUT2D eigenvalue weighted by atomic mass is 32.1. The molecule has 3 aromatic heterocycles. The molecule has 2 N–H and O–H groups in total. The Morgan fingerprint density at radius 2 is 2.07 bits per heavy atom. The van der Waals surface area contributed by atoms with Crippen LogP contribution >= 0.6 is 11.3 Å². The van der Waals surface area contributed by atoms with E-state index in [9.17, 15) is 9.59 Å². The van der Waals surface area contributed by atoms with E-state index in [0.29, 0.717) is 33.2 Å². The highest BCUT2D eigenvalue weighted by Crippen LogP contribution is 2.29. The fourth-order valence-electron chi connectivity index (χ4n) is 3.80. The van der Waals surface area contributed by atoms with Crippen molar-refractivity contribution in [2.75, 3.05) is 5.32 Å². The van der Waals surface area contributed by atoms with Crippen LogP contribution in [-0.4, -0.2) is 25.4 Å². The lowest BCUT2D eigenvalue weighted by molar-refractivity contribution is 0.102. The van der Waals surface area contributed by atoms with E-state index in [-0.39, 0.29) is 11.5 Å². The number of nitrogens with zero attached hydrogens (tertiary/aromatic N) is 3. The van der Waals surface area contributed by atoms with Gasteiger partial charge >= 0.3 is 0 Å². The van der Waals surface area contributed by atoms with Crippen molar-refractivity contribution >= 4 is 44.4 Å². The summed E-state index contributed by atoms with van der Waals surface area (Å²) in [6.45, 7) is 2.52. The first-order valence-corrected chi connectivity index (χ1v) is 10.2. The molecule has 1 amide bonds. The number of hydrogen-bond acceptors (Lipinski definition) is 5. The molecule has 142 valence electrons. The van der Waals surface area contributed by atoms with Crippen molar-refractivity contribution in [3.05, 3.63) is 50.9 Å². The first-order valence-electron chi connectivity index (χ1n) is 9.41. The molecule has 0 radical (unpaired) electrons. The quantitative estimate of drug-likeness (QED) is 0.544. The van der Waals surface area contributed by atoms with Gasteiger partial charge in [-0.15, -0.1) is 11.3 Å². The zero-order valence-corrected chi connectivity index (χ0v) is 16.2. The average Bonchev–Trinajstić information content (AvgIpc) is 3.13. The number of H-pyrrole nitrogens is 1. The molecule has 0 aliphatic carbocycles. The van der Waals surface area contributed by atoms with Gasteiger partial charge in [-0.2, -0.15) is 0 Å². The second-order valence-corrected chi connectivity index (χ2v) is 8.09. The monoisotopic (exact) mass is 393 g/mol. The number of anilines is 1. The van der Waals surface area contributed by atoms with Crippen LogP contribution in [0.15, 0.2) is 29.1 Å². The minimum atomic E-state index is -0.279. The summed E-state index contributed by atoms with van der Waals surface area (Å²) in [6, 6.07) is 7.59. The number of para-hydroxylation sites is 2. The lowest BCUT2D eigenvalue weighted by Gasteiger charge is -2.08. The maximum Gasteiger partial charge on any atom is 0.268 e. The molecule has 5 rings (SSSR count). The van der Waals surface area contributed by atoms with E-state index in [1.54, 1.807) is 4.57 Å². The van der Waals surface area contributed by atoms with E-state index < -0.39 is 0 Å². The molecule has 0 atom stereocenters. The molecule has 0 unspecified atom stereocenters. The second-order valence-electron chi connectivity index (χ2n) is 7.09. The molecule has 1 aliphatic rings. The van der Waals surface area contributed by atoms with Gasteiger partial charge in [0.1, 0.15) is 10.7 Å². The third kappa shape index (κ3) is 2.72. The van der Waals surface area contributed by atoms with Gasteiger partial charge in [0.15, 0.2) is 0 Å². The fourth-order valence-corrected chi connectivity index (χ4v) is 4.89. The fraction of sp³-hybridized carbons (Fsp3) is 0.300. The number of fused-ring (bicyclic) bond motifs is 3. The van der Waals surface area contributed by atoms with Crippen molar-refractivity contribution in [3.8, 4) is 0 Å². The summed E-state index contributed by atoms with van der Waals surface area (Å²) in [6.07, 6.45) is 3.95. The van der Waals surface area contributed by atoms with Crippen molar-refractivity contribution in [2.24, 2.45) is 0 Å². The van der Waals surface area contributed by atoms with Crippen LogP contribution in [0.3, 0.4) is 0 Å². The largest absolute Gasteiger partial charge is 0.324 e. The highest BCUT2D eigenvalue weighted by molar-refractivity contribution is 7.20. The molecule has 1 aromatic carbocycles. The van der Waals surface area contributed by atoms with Crippen molar-refractivity contribution < 1.29 is 4.79 Å². The van der Waals surface area contributed by atoms with E-state index >= 15 is 0 Å². The third-order valence-corrected chi connectivity index (χ3v) is 6.42. The predicted octanol–water partition coefficient (Wildman–Crippen LogP) is 3.62. The number of nitrogens with one attached hydrogen (secondary N) is 2.